The van der Waals surface area contributed by atoms with Crippen molar-refractivity contribution in [2.75, 3.05) is 20.3 Å². The molecule has 0 unspecified atom stereocenters. The number of methoxy groups -OCH3 is 1. The quantitative estimate of drug-likeness (QED) is 0.706. The summed E-state index contributed by atoms with van der Waals surface area (Å²) in [5.74, 6) is 1.07. The Morgan fingerprint density at radius 3 is 2.53 bits per heavy atom. The van der Waals surface area contributed by atoms with Crippen LogP contribution in [-0.4, -0.2) is 30.4 Å². The molecule has 0 spiro atoms. The summed E-state index contributed by atoms with van der Waals surface area (Å²) in [7, 11) is 1.65. The predicted octanol–water partition coefficient (Wildman–Crippen LogP) is 3.05. The SMILES string of the molecule is COCCOc1ccc2c(c1)[nH]c1cc(O)ccc12. The Hall–Kier alpha value is -2.20. The van der Waals surface area contributed by atoms with Crippen molar-refractivity contribution in [2.24, 2.45) is 0 Å². The van der Waals surface area contributed by atoms with Gasteiger partial charge in [-0.15, -0.1) is 0 Å². The second kappa shape index (κ2) is 4.82. The topological polar surface area (TPSA) is 54.5 Å². The number of phenolic OH excluding ortho intramolecular Hbond substituents is 1. The van der Waals surface area contributed by atoms with Crippen LogP contribution in [0.5, 0.6) is 11.5 Å². The van der Waals surface area contributed by atoms with Gasteiger partial charge in [0.2, 0.25) is 0 Å². The molecule has 19 heavy (non-hydrogen) atoms. The Bertz CT molecular complexity index is 718. The van der Waals surface area contributed by atoms with E-state index in [2.05, 4.69) is 4.98 Å². The molecule has 0 saturated carbocycles. The number of ether oxygens (including phenoxy) is 2. The van der Waals surface area contributed by atoms with Gasteiger partial charge in [0, 0.05) is 30.0 Å². The predicted molar refractivity (Wildman–Crippen MR) is 74.8 cm³/mol. The Kier molecular flexibility index (Phi) is 3.01. The van der Waals surface area contributed by atoms with Crippen molar-refractivity contribution in [3.63, 3.8) is 0 Å². The van der Waals surface area contributed by atoms with Crippen molar-refractivity contribution in [3.05, 3.63) is 36.4 Å². The highest BCUT2D eigenvalue weighted by Gasteiger charge is 2.06. The summed E-state index contributed by atoms with van der Waals surface area (Å²) in [5.41, 5.74) is 1.92. The summed E-state index contributed by atoms with van der Waals surface area (Å²) in [6, 6.07) is 11.3. The first kappa shape index (κ1) is 11.9. The third kappa shape index (κ3) is 2.22. The first-order valence-electron chi connectivity index (χ1n) is 6.14. The fraction of sp³-hybridized carbons (Fsp3) is 0.200. The van der Waals surface area contributed by atoms with E-state index < -0.39 is 0 Å². The third-order valence-corrected chi connectivity index (χ3v) is 3.11. The van der Waals surface area contributed by atoms with Gasteiger partial charge < -0.3 is 19.6 Å². The second-order valence-electron chi connectivity index (χ2n) is 4.40. The van der Waals surface area contributed by atoms with E-state index in [4.69, 9.17) is 9.47 Å². The lowest BCUT2D eigenvalue weighted by Crippen LogP contribution is -2.03. The van der Waals surface area contributed by atoms with Gasteiger partial charge in [-0.05, 0) is 24.3 Å². The fourth-order valence-corrected chi connectivity index (χ4v) is 2.21. The Labute approximate surface area is 110 Å². The van der Waals surface area contributed by atoms with E-state index in [1.54, 1.807) is 19.2 Å². The van der Waals surface area contributed by atoms with Gasteiger partial charge in [-0.3, -0.25) is 0 Å². The van der Waals surface area contributed by atoms with E-state index in [-0.39, 0.29) is 5.75 Å². The number of nitrogens with one attached hydrogen (secondary N) is 1. The van der Waals surface area contributed by atoms with Gasteiger partial charge in [0.1, 0.15) is 18.1 Å². The molecule has 98 valence electrons. The monoisotopic (exact) mass is 257 g/mol. The smallest absolute Gasteiger partial charge is 0.121 e. The molecule has 0 atom stereocenters. The van der Waals surface area contributed by atoms with E-state index >= 15 is 0 Å². The molecule has 4 nitrogen and oxygen atoms in total. The van der Waals surface area contributed by atoms with Crippen molar-refractivity contribution >= 4 is 21.8 Å². The van der Waals surface area contributed by atoms with Gasteiger partial charge >= 0.3 is 0 Å². The number of rotatable bonds is 4. The number of fused-ring (bicyclic) bond motifs is 3. The van der Waals surface area contributed by atoms with Crippen molar-refractivity contribution in [1.82, 2.24) is 4.98 Å². The summed E-state index contributed by atoms with van der Waals surface area (Å²) < 4.78 is 10.5. The van der Waals surface area contributed by atoms with Crippen LogP contribution < -0.4 is 4.74 Å². The molecule has 0 bridgehead atoms. The first-order valence-corrected chi connectivity index (χ1v) is 6.14. The van der Waals surface area contributed by atoms with E-state index in [0.29, 0.717) is 13.2 Å². The van der Waals surface area contributed by atoms with Gasteiger partial charge in [0.15, 0.2) is 0 Å². The Morgan fingerprint density at radius 2 is 1.74 bits per heavy atom. The minimum atomic E-state index is 0.260. The highest BCUT2D eigenvalue weighted by molar-refractivity contribution is 6.07. The van der Waals surface area contributed by atoms with Gasteiger partial charge in [0.05, 0.1) is 17.6 Å². The number of hydrogen-bond acceptors (Lipinski definition) is 3. The maximum absolute atomic E-state index is 9.49. The lowest BCUT2D eigenvalue weighted by atomic mass is 10.1. The van der Waals surface area contributed by atoms with E-state index in [1.165, 1.54) is 0 Å². The average molecular weight is 257 g/mol. The van der Waals surface area contributed by atoms with Gasteiger partial charge in [-0.2, -0.15) is 0 Å². The van der Waals surface area contributed by atoms with Crippen LogP contribution in [0.25, 0.3) is 21.8 Å². The molecule has 0 aliphatic rings. The molecule has 3 aromatic rings. The molecule has 2 aromatic carbocycles. The molecule has 1 aromatic heterocycles. The lowest BCUT2D eigenvalue weighted by Gasteiger charge is -2.04. The maximum atomic E-state index is 9.49. The zero-order valence-corrected chi connectivity index (χ0v) is 10.6. The van der Waals surface area contributed by atoms with Crippen LogP contribution >= 0.6 is 0 Å². The molecule has 0 saturated heterocycles. The second-order valence-corrected chi connectivity index (χ2v) is 4.40. The average Bonchev–Trinajstić information content (AvgIpc) is 2.75. The van der Waals surface area contributed by atoms with Crippen LogP contribution in [0, 0.1) is 0 Å². The van der Waals surface area contributed by atoms with Crippen LogP contribution in [0.15, 0.2) is 36.4 Å². The van der Waals surface area contributed by atoms with Crippen LogP contribution in [0.1, 0.15) is 0 Å². The number of H-pyrrole nitrogens is 1. The number of aromatic nitrogens is 1. The van der Waals surface area contributed by atoms with E-state index in [1.807, 2.05) is 24.3 Å². The van der Waals surface area contributed by atoms with E-state index in [9.17, 15) is 5.11 Å². The van der Waals surface area contributed by atoms with Crippen molar-refractivity contribution in [3.8, 4) is 11.5 Å². The van der Waals surface area contributed by atoms with Crippen LogP contribution in [-0.2, 0) is 4.74 Å². The van der Waals surface area contributed by atoms with Crippen molar-refractivity contribution in [1.29, 1.82) is 0 Å². The number of phenols is 1. The Morgan fingerprint density at radius 1 is 1.00 bits per heavy atom. The summed E-state index contributed by atoms with van der Waals surface area (Å²) in [5, 5.41) is 11.7. The molecule has 0 fully saturated rings. The van der Waals surface area contributed by atoms with Crippen LogP contribution in [0.4, 0.5) is 0 Å². The molecular formula is C15H15NO3. The van der Waals surface area contributed by atoms with Gasteiger partial charge in [-0.25, -0.2) is 0 Å². The van der Waals surface area contributed by atoms with E-state index in [0.717, 1.165) is 27.6 Å². The minimum Gasteiger partial charge on any atom is -0.508 e. The zero-order valence-electron chi connectivity index (χ0n) is 10.6. The molecule has 4 heteroatoms. The maximum Gasteiger partial charge on any atom is 0.121 e. The number of aromatic hydroxyl groups is 1. The number of aromatic amines is 1. The van der Waals surface area contributed by atoms with Gasteiger partial charge in [-0.1, -0.05) is 0 Å². The molecule has 3 rings (SSSR count). The third-order valence-electron chi connectivity index (χ3n) is 3.11. The van der Waals surface area contributed by atoms with Crippen molar-refractivity contribution < 1.29 is 14.6 Å². The lowest BCUT2D eigenvalue weighted by molar-refractivity contribution is 0.146. The van der Waals surface area contributed by atoms with Crippen LogP contribution in [0.2, 0.25) is 0 Å². The largest absolute Gasteiger partial charge is 0.508 e. The van der Waals surface area contributed by atoms with Gasteiger partial charge in [0.25, 0.3) is 0 Å². The molecular weight excluding hydrogens is 242 g/mol. The molecule has 0 aliphatic carbocycles. The fourth-order valence-electron chi connectivity index (χ4n) is 2.21. The Balaban J connectivity index is 2.01. The summed E-state index contributed by atoms with van der Waals surface area (Å²) in [6.45, 7) is 1.10. The number of benzene rings is 2. The summed E-state index contributed by atoms with van der Waals surface area (Å²) >= 11 is 0. The highest BCUT2D eigenvalue weighted by Crippen LogP contribution is 2.30. The van der Waals surface area contributed by atoms with Crippen LogP contribution in [0.3, 0.4) is 0 Å². The number of hydrogen-bond donors (Lipinski definition) is 2. The standard InChI is InChI=1S/C15H15NO3/c1-18-6-7-19-11-3-5-13-12-4-2-10(17)8-14(12)16-15(13)9-11/h2-5,8-9,16-17H,6-7H2,1H3. The molecule has 2 N–H and O–H groups in total. The van der Waals surface area contributed by atoms with Crippen molar-refractivity contribution in [2.45, 2.75) is 0 Å². The summed E-state index contributed by atoms with van der Waals surface area (Å²) in [6.07, 6.45) is 0. The molecule has 0 radical (unpaired) electrons. The minimum absolute atomic E-state index is 0.260. The highest BCUT2D eigenvalue weighted by atomic mass is 16.5. The molecule has 0 amide bonds. The normalized spacial score (nSPS) is 11.2. The first-order chi connectivity index (χ1) is 9.28. The summed E-state index contributed by atoms with van der Waals surface area (Å²) in [4.78, 5) is 3.28. The molecule has 1 heterocycles. The molecule has 0 aliphatic heterocycles. The zero-order chi connectivity index (χ0) is 13.2.